The minimum atomic E-state index is 0.684. The van der Waals surface area contributed by atoms with Crippen molar-refractivity contribution in [3.63, 3.8) is 0 Å². The molecule has 0 aliphatic rings. The van der Waals surface area contributed by atoms with E-state index in [9.17, 15) is 0 Å². The molecule has 0 amide bonds. The topological polar surface area (TPSA) is 30.7 Å². The number of hydrogen-bond acceptors (Lipinski definition) is 2. The van der Waals surface area contributed by atoms with Crippen molar-refractivity contribution in [1.82, 2.24) is 14.5 Å². The van der Waals surface area contributed by atoms with E-state index in [1.165, 1.54) is 27.8 Å². The molecule has 258 valence electrons. The summed E-state index contributed by atoms with van der Waals surface area (Å²) in [4.78, 5) is 10.8. The SMILES string of the molecule is c1ccc(-c2cccc(-c3ccc(-c4cccc(-c5nc(-c6cccc(-c7ccccc7)c6)c6c7ccccc7n(-c7ccccc7)c6n5)c4)cc3)c2)cc1. The maximum absolute atomic E-state index is 5.43. The summed E-state index contributed by atoms with van der Waals surface area (Å²) in [6.07, 6.45) is 0. The van der Waals surface area contributed by atoms with Gasteiger partial charge in [0.2, 0.25) is 0 Å². The Morgan fingerprint density at radius 1 is 0.309 bits per heavy atom. The largest absolute Gasteiger partial charge is 0.294 e. The second kappa shape index (κ2) is 13.9. The number of aromatic nitrogens is 3. The predicted molar refractivity (Wildman–Crippen MR) is 229 cm³/mol. The van der Waals surface area contributed by atoms with Crippen LogP contribution < -0.4 is 0 Å². The molecular weight excluding hydrogens is 667 g/mol. The zero-order valence-corrected chi connectivity index (χ0v) is 30.0. The highest BCUT2D eigenvalue weighted by Crippen LogP contribution is 2.39. The molecule has 2 aromatic heterocycles. The third-order valence-corrected chi connectivity index (χ3v) is 10.4. The second-order valence-electron chi connectivity index (χ2n) is 13.8. The van der Waals surface area contributed by atoms with E-state index in [1.54, 1.807) is 0 Å². The van der Waals surface area contributed by atoms with Gasteiger partial charge in [-0.05, 0) is 80.9 Å². The predicted octanol–water partition coefficient (Wildman–Crippen LogP) is 13.6. The van der Waals surface area contributed by atoms with Crippen LogP contribution >= 0.6 is 0 Å². The van der Waals surface area contributed by atoms with Gasteiger partial charge < -0.3 is 0 Å². The van der Waals surface area contributed by atoms with Gasteiger partial charge in [-0.15, -0.1) is 0 Å². The smallest absolute Gasteiger partial charge is 0.162 e. The zero-order chi connectivity index (χ0) is 36.6. The van der Waals surface area contributed by atoms with Crippen LogP contribution in [0.15, 0.2) is 212 Å². The number of nitrogens with zero attached hydrogens (tertiary/aromatic N) is 3. The maximum atomic E-state index is 5.43. The van der Waals surface area contributed by atoms with Gasteiger partial charge in [0.25, 0.3) is 0 Å². The first kappa shape index (κ1) is 32.3. The Morgan fingerprint density at radius 2 is 0.727 bits per heavy atom. The van der Waals surface area contributed by atoms with Crippen LogP contribution in [-0.2, 0) is 0 Å². The van der Waals surface area contributed by atoms with E-state index in [2.05, 4.69) is 217 Å². The zero-order valence-electron chi connectivity index (χ0n) is 30.0. The second-order valence-corrected chi connectivity index (χ2v) is 13.8. The molecule has 10 aromatic rings. The van der Waals surface area contributed by atoms with Crippen LogP contribution in [0.1, 0.15) is 0 Å². The Hall–Kier alpha value is -7.36. The molecule has 0 saturated carbocycles. The highest BCUT2D eigenvalue weighted by molar-refractivity contribution is 6.14. The summed E-state index contributed by atoms with van der Waals surface area (Å²) in [5, 5.41) is 2.16. The number of para-hydroxylation sites is 2. The number of rotatable bonds is 7. The molecule has 0 fully saturated rings. The molecule has 8 aromatic carbocycles. The van der Waals surface area contributed by atoms with Crippen LogP contribution in [0.3, 0.4) is 0 Å². The molecule has 0 aliphatic heterocycles. The van der Waals surface area contributed by atoms with Crippen molar-refractivity contribution < 1.29 is 0 Å². The van der Waals surface area contributed by atoms with Gasteiger partial charge in [0.05, 0.1) is 16.6 Å². The van der Waals surface area contributed by atoms with E-state index in [-0.39, 0.29) is 0 Å². The fourth-order valence-corrected chi connectivity index (χ4v) is 7.71. The summed E-state index contributed by atoms with van der Waals surface area (Å²) in [5.74, 6) is 0.684. The quantitative estimate of drug-likeness (QED) is 0.166. The Bertz CT molecular complexity index is 2950. The lowest BCUT2D eigenvalue weighted by molar-refractivity contribution is 1.11. The van der Waals surface area contributed by atoms with Gasteiger partial charge in [-0.3, -0.25) is 4.57 Å². The van der Waals surface area contributed by atoms with E-state index < -0.39 is 0 Å². The molecule has 0 bridgehead atoms. The van der Waals surface area contributed by atoms with Crippen molar-refractivity contribution in [1.29, 1.82) is 0 Å². The van der Waals surface area contributed by atoms with E-state index >= 15 is 0 Å². The van der Waals surface area contributed by atoms with Gasteiger partial charge in [0.1, 0.15) is 5.65 Å². The minimum absolute atomic E-state index is 0.684. The Balaban J connectivity index is 1.11. The molecule has 10 rings (SSSR count). The standard InChI is InChI=1S/C52H35N3/c1-4-15-36(16-5-1)40-19-12-20-41(33-40)38-29-31-39(32-30-38)43-22-14-24-45(35-43)51-53-50(44-23-13-21-42(34-44)37-17-6-2-7-18-37)49-47-27-10-11-28-48(47)55(52(49)54-51)46-25-8-3-9-26-46/h1-35H. The molecule has 0 spiro atoms. The molecule has 3 heteroatoms. The number of benzene rings is 8. The molecule has 0 atom stereocenters. The molecule has 0 unspecified atom stereocenters. The molecule has 55 heavy (non-hydrogen) atoms. The van der Waals surface area contributed by atoms with Crippen molar-refractivity contribution in [2.45, 2.75) is 0 Å². The van der Waals surface area contributed by atoms with Gasteiger partial charge >= 0.3 is 0 Å². The lowest BCUT2D eigenvalue weighted by Gasteiger charge is -2.12. The van der Waals surface area contributed by atoms with Crippen molar-refractivity contribution in [2.24, 2.45) is 0 Å². The highest BCUT2D eigenvalue weighted by Gasteiger charge is 2.21. The van der Waals surface area contributed by atoms with Crippen LogP contribution in [0.5, 0.6) is 0 Å². The summed E-state index contributed by atoms with van der Waals surface area (Å²) < 4.78 is 2.27. The van der Waals surface area contributed by atoms with Crippen molar-refractivity contribution in [2.75, 3.05) is 0 Å². The third kappa shape index (κ3) is 6.08. The summed E-state index contributed by atoms with van der Waals surface area (Å²) in [7, 11) is 0. The van der Waals surface area contributed by atoms with Crippen molar-refractivity contribution >= 4 is 21.9 Å². The van der Waals surface area contributed by atoms with E-state index in [4.69, 9.17) is 9.97 Å². The maximum Gasteiger partial charge on any atom is 0.162 e. The molecule has 0 N–H and O–H groups in total. The van der Waals surface area contributed by atoms with E-state index in [1.807, 2.05) is 0 Å². The van der Waals surface area contributed by atoms with Crippen LogP contribution in [0.2, 0.25) is 0 Å². The number of hydrogen-bond donors (Lipinski definition) is 0. The first-order chi connectivity index (χ1) is 27.3. The molecule has 0 radical (unpaired) electrons. The average molecular weight is 702 g/mol. The lowest BCUT2D eigenvalue weighted by atomic mass is 9.96. The van der Waals surface area contributed by atoms with Crippen LogP contribution in [0, 0.1) is 0 Å². The van der Waals surface area contributed by atoms with E-state index in [0.29, 0.717) is 5.82 Å². The van der Waals surface area contributed by atoms with Crippen LogP contribution in [0.25, 0.3) is 94.8 Å². The third-order valence-electron chi connectivity index (χ3n) is 10.4. The first-order valence-electron chi connectivity index (χ1n) is 18.7. The first-order valence-corrected chi connectivity index (χ1v) is 18.7. The van der Waals surface area contributed by atoms with Gasteiger partial charge in [-0.2, -0.15) is 0 Å². The van der Waals surface area contributed by atoms with Crippen molar-refractivity contribution in [3.05, 3.63) is 212 Å². The lowest BCUT2D eigenvalue weighted by Crippen LogP contribution is -1.99. The van der Waals surface area contributed by atoms with Crippen molar-refractivity contribution in [3.8, 4) is 72.8 Å². The summed E-state index contributed by atoms with van der Waals surface area (Å²) in [6, 6.07) is 75.0. The number of fused-ring (bicyclic) bond motifs is 3. The summed E-state index contributed by atoms with van der Waals surface area (Å²) in [5.41, 5.74) is 15.3. The highest BCUT2D eigenvalue weighted by atomic mass is 15.1. The molecular formula is C52H35N3. The van der Waals surface area contributed by atoms with Gasteiger partial charge in [-0.1, -0.05) is 176 Å². The molecule has 0 aliphatic carbocycles. The average Bonchev–Trinajstić information content (AvgIpc) is 3.61. The summed E-state index contributed by atoms with van der Waals surface area (Å²) >= 11 is 0. The molecule has 2 heterocycles. The van der Waals surface area contributed by atoms with Crippen LogP contribution in [-0.4, -0.2) is 14.5 Å². The van der Waals surface area contributed by atoms with Gasteiger partial charge in [-0.25, -0.2) is 9.97 Å². The molecule has 0 saturated heterocycles. The Kier molecular flexibility index (Phi) is 8.16. The fraction of sp³-hybridized carbons (Fsp3) is 0. The molecule has 3 nitrogen and oxygen atoms in total. The summed E-state index contributed by atoms with van der Waals surface area (Å²) in [6.45, 7) is 0. The minimum Gasteiger partial charge on any atom is -0.294 e. The normalized spacial score (nSPS) is 11.3. The van der Waals surface area contributed by atoms with E-state index in [0.717, 1.165) is 61.1 Å². The van der Waals surface area contributed by atoms with Crippen LogP contribution in [0.4, 0.5) is 0 Å². The monoisotopic (exact) mass is 701 g/mol. The van der Waals surface area contributed by atoms with Gasteiger partial charge in [0, 0.05) is 22.2 Å². The Labute approximate surface area is 320 Å². The Morgan fingerprint density at radius 3 is 1.31 bits per heavy atom. The fourth-order valence-electron chi connectivity index (χ4n) is 7.71. The van der Waals surface area contributed by atoms with Gasteiger partial charge in [0.15, 0.2) is 5.82 Å².